The lowest BCUT2D eigenvalue weighted by molar-refractivity contribution is 0.0440. The van der Waals surface area contributed by atoms with Crippen LogP contribution in [-0.2, 0) is 17.9 Å². The maximum absolute atomic E-state index is 12.5. The number of hydrogen-bond donors (Lipinski definition) is 0. The summed E-state index contributed by atoms with van der Waals surface area (Å²) in [6, 6.07) is 14.2. The fourth-order valence-electron chi connectivity index (χ4n) is 3.01. The van der Waals surface area contributed by atoms with Crippen LogP contribution in [0.1, 0.15) is 38.1 Å². The molecule has 0 atom stereocenters. The second-order valence-corrected chi connectivity index (χ2v) is 6.55. The van der Waals surface area contributed by atoms with Crippen molar-refractivity contribution in [2.75, 3.05) is 6.61 Å². The Labute approximate surface area is 169 Å². The number of ketones is 1. The summed E-state index contributed by atoms with van der Waals surface area (Å²) in [7, 11) is 0. The number of hydrogen-bond acceptors (Lipinski definition) is 5. The molecule has 0 saturated carbocycles. The minimum Gasteiger partial charge on any atom is -0.486 e. The van der Waals surface area contributed by atoms with Crippen LogP contribution in [0.4, 0.5) is 0 Å². The number of aromatic nitrogens is 1. The van der Waals surface area contributed by atoms with Crippen LogP contribution in [0.2, 0.25) is 0 Å². The van der Waals surface area contributed by atoms with Gasteiger partial charge in [0.2, 0.25) is 11.5 Å². The van der Waals surface area contributed by atoms with Gasteiger partial charge in [-0.05, 0) is 44.2 Å². The van der Waals surface area contributed by atoms with Gasteiger partial charge in [0.05, 0.1) is 0 Å². The second kappa shape index (κ2) is 9.10. The largest absolute Gasteiger partial charge is 0.486 e. The van der Waals surface area contributed by atoms with Gasteiger partial charge in [0, 0.05) is 23.5 Å². The van der Waals surface area contributed by atoms with Crippen molar-refractivity contribution in [3.63, 3.8) is 0 Å². The summed E-state index contributed by atoms with van der Waals surface area (Å²) in [5.74, 6) is 0.263. The number of rotatable bonds is 9. The van der Waals surface area contributed by atoms with Gasteiger partial charge < -0.3 is 18.5 Å². The Morgan fingerprint density at radius 3 is 2.62 bits per heavy atom. The topological polar surface area (TPSA) is 70.7 Å². The first-order chi connectivity index (χ1) is 14.0. The highest BCUT2D eigenvalue weighted by Gasteiger charge is 2.19. The summed E-state index contributed by atoms with van der Waals surface area (Å²) in [5, 5.41) is 0. The van der Waals surface area contributed by atoms with Gasteiger partial charge in [-0.3, -0.25) is 4.79 Å². The molecule has 29 heavy (non-hydrogen) atoms. The molecule has 0 aliphatic rings. The van der Waals surface area contributed by atoms with E-state index in [2.05, 4.69) is 6.58 Å². The first-order valence-electron chi connectivity index (χ1n) is 9.24. The van der Waals surface area contributed by atoms with Crippen molar-refractivity contribution in [2.24, 2.45) is 0 Å². The number of aryl methyl sites for hydroxylation is 1. The number of allylic oxidation sites excluding steroid dienone is 1. The number of para-hydroxylation sites is 1. The first-order valence-corrected chi connectivity index (χ1v) is 9.24. The number of carbonyl (C=O) groups is 2. The number of furan rings is 1. The van der Waals surface area contributed by atoms with Gasteiger partial charge >= 0.3 is 5.97 Å². The van der Waals surface area contributed by atoms with E-state index in [-0.39, 0.29) is 24.8 Å². The van der Waals surface area contributed by atoms with Crippen LogP contribution in [0.3, 0.4) is 0 Å². The van der Waals surface area contributed by atoms with Gasteiger partial charge in [0.25, 0.3) is 0 Å². The summed E-state index contributed by atoms with van der Waals surface area (Å²) in [4.78, 5) is 24.7. The van der Waals surface area contributed by atoms with Gasteiger partial charge in [0.1, 0.15) is 18.1 Å². The van der Waals surface area contributed by atoms with E-state index in [0.717, 1.165) is 11.4 Å². The normalized spacial score (nSPS) is 10.6. The van der Waals surface area contributed by atoms with Crippen LogP contribution in [-0.4, -0.2) is 22.9 Å². The van der Waals surface area contributed by atoms with E-state index in [1.807, 2.05) is 48.7 Å². The molecule has 0 radical (unpaired) electrons. The molecule has 3 aromatic rings. The Hall–Kier alpha value is -3.54. The van der Waals surface area contributed by atoms with E-state index in [0.29, 0.717) is 23.6 Å². The molecular weight excluding hydrogens is 370 g/mol. The van der Waals surface area contributed by atoms with Crippen molar-refractivity contribution in [1.82, 2.24) is 4.57 Å². The Kier molecular flexibility index (Phi) is 6.34. The molecule has 6 nitrogen and oxygen atoms in total. The number of Topliss-reactive ketones (excluding diaryl/α,β-unsaturated/α-hetero) is 1. The predicted octanol–water partition coefficient (Wildman–Crippen LogP) is 4.50. The third-order valence-electron chi connectivity index (χ3n) is 4.51. The molecular formula is C23H23NO5. The molecule has 0 N–H and O–H groups in total. The monoisotopic (exact) mass is 393 g/mol. The maximum Gasteiger partial charge on any atom is 0.374 e. The van der Waals surface area contributed by atoms with Crippen LogP contribution in [0.15, 0.2) is 65.6 Å². The van der Waals surface area contributed by atoms with E-state index in [1.54, 1.807) is 18.2 Å². The van der Waals surface area contributed by atoms with Crippen LogP contribution >= 0.6 is 0 Å². The van der Waals surface area contributed by atoms with E-state index in [1.165, 1.54) is 6.07 Å². The van der Waals surface area contributed by atoms with Crippen LogP contribution < -0.4 is 4.74 Å². The molecule has 3 rings (SSSR count). The van der Waals surface area contributed by atoms with Crippen molar-refractivity contribution in [3.05, 3.63) is 89.7 Å². The zero-order valence-electron chi connectivity index (χ0n) is 16.5. The quantitative estimate of drug-likeness (QED) is 0.304. The Morgan fingerprint density at radius 1 is 1.14 bits per heavy atom. The average molecular weight is 393 g/mol. The summed E-state index contributed by atoms with van der Waals surface area (Å²) in [5.41, 5.74) is 2.31. The smallest absolute Gasteiger partial charge is 0.374 e. The number of benzene rings is 1. The zero-order chi connectivity index (χ0) is 20.8. The summed E-state index contributed by atoms with van der Waals surface area (Å²) in [6.45, 7) is 7.95. The summed E-state index contributed by atoms with van der Waals surface area (Å²) < 4.78 is 18.1. The van der Waals surface area contributed by atoms with Gasteiger partial charge in [-0.1, -0.05) is 24.3 Å². The van der Waals surface area contributed by atoms with Crippen LogP contribution in [0.5, 0.6) is 5.75 Å². The summed E-state index contributed by atoms with van der Waals surface area (Å²) >= 11 is 0. The Balaban J connectivity index is 1.56. The molecule has 0 saturated heterocycles. The minimum absolute atomic E-state index is 0.0293. The van der Waals surface area contributed by atoms with Crippen molar-refractivity contribution in [2.45, 2.75) is 27.0 Å². The third-order valence-corrected chi connectivity index (χ3v) is 4.51. The fourth-order valence-corrected chi connectivity index (χ4v) is 3.01. The van der Waals surface area contributed by atoms with Gasteiger partial charge in [-0.25, -0.2) is 4.79 Å². The molecule has 2 aromatic heterocycles. The third kappa shape index (κ3) is 4.85. The molecule has 0 fully saturated rings. The van der Waals surface area contributed by atoms with Crippen LogP contribution in [0.25, 0.3) is 0 Å². The SMILES string of the molecule is C=CCn1c(C)cc(C(=O)COC(=O)c2ccc(COc3ccccc3)o2)c1C. The lowest BCUT2D eigenvalue weighted by Gasteiger charge is -2.06. The van der Waals surface area contributed by atoms with E-state index >= 15 is 0 Å². The lowest BCUT2D eigenvalue weighted by Crippen LogP contribution is -2.14. The Bertz CT molecular complexity index is 1010. The molecule has 1 aromatic carbocycles. The molecule has 0 bridgehead atoms. The highest BCUT2D eigenvalue weighted by Crippen LogP contribution is 2.17. The molecule has 2 heterocycles. The molecule has 150 valence electrons. The number of esters is 1. The standard InChI is InChI=1S/C23H23NO5/c1-4-12-24-16(2)13-20(17(24)3)21(25)15-28-23(26)22-11-10-19(29-22)14-27-18-8-6-5-7-9-18/h4-11,13H,1,12,14-15H2,2-3H3. The molecule has 0 aliphatic carbocycles. The van der Waals surface area contributed by atoms with Crippen LogP contribution in [0, 0.1) is 13.8 Å². The minimum atomic E-state index is -0.691. The van der Waals surface area contributed by atoms with Crippen molar-refractivity contribution < 1.29 is 23.5 Å². The number of carbonyl (C=O) groups excluding carboxylic acids is 2. The molecule has 0 amide bonds. The van der Waals surface area contributed by atoms with Crippen molar-refractivity contribution in [3.8, 4) is 5.75 Å². The second-order valence-electron chi connectivity index (χ2n) is 6.55. The van der Waals surface area contributed by atoms with E-state index in [4.69, 9.17) is 13.9 Å². The highest BCUT2D eigenvalue weighted by molar-refractivity contribution is 6.00. The molecule has 6 heteroatoms. The predicted molar refractivity (Wildman–Crippen MR) is 108 cm³/mol. The molecule has 0 aliphatic heterocycles. The number of nitrogens with zero attached hydrogens (tertiary/aromatic N) is 1. The van der Waals surface area contributed by atoms with Gasteiger partial charge in [0.15, 0.2) is 6.61 Å². The van der Waals surface area contributed by atoms with Gasteiger partial charge in [-0.2, -0.15) is 0 Å². The average Bonchev–Trinajstić information content (AvgIpc) is 3.31. The van der Waals surface area contributed by atoms with E-state index in [9.17, 15) is 9.59 Å². The lowest BCUT2D eigenvalue weighted by atomic mass is 10.1. The van der Waals surface area contributed by atoms with Crippen molar-refractivity contribution in [1.29, 1.82) is 0 Å². The summed E-state index contributed by atoms with van der Waals surface area (Å²) in [6.07, 6.45) is 1.77. The maximum atomic E-state index is 12.5. The highest BCUT2D eigenvalue weighted by atomic mass is 16.5. The van der Waals surface area contributed by atoms with E-state index < -0.39 is 5.97 Å². The van der Waals surface area contributed by atoms with Crippen molar-refractivity contribution >= 4 is 11.8 Å². The first kappa shape index (κ1) is 20.2. The molecule has 0 unspecified atom stereocenters. The molecule has 0 spiro atoms. The fraction of sp³-hybridized carbons (Fsp3) is 0.217. The Morgan fingerprint density at radius 2 is 1.90 bits per heavy atom. The zero-order valence-corrected chi connectivity index (χ0v) is 16.5. The number of ether oxygens (including phenoxy) is 2. The van der Waals surface area contributed by atoms with Gasteiger partial charge in [-0.15, -0.1) is 6.58 Å².